The van der Waals surface area contributed by atoms with Crippen LogP contribution < -0.4 is 0 Å². The molecule has 0 amide bonds. The molecule has 0 aromatic rings. The molecule has 1 saturated carbocycles. The summed E-state index contributed by atoms with van der Waals surface area (Å²) < 4.78 is 0. The van der Waals surface area contributed by atoms with Crippen LogP contribution in [0.4, 0.5) is 0 Å². The zero-order chi connectivity index (χ0) is 5.98. The van der Waals surface area contributed by atoms with E-state index in [4.69, 9.17) is 5.41 Å². The van der Waals surface area contributed by atoms with Crippen LogP contribution >= 0.6 is 15.9 Å². The van der Waals surface area contributed by atoms with E-state index in [0.717, 1.165) is 12.1 Å². The summed E-state index contributed by atoms with van der Waals surface area (Å²) in [5.41, 5.74) is 0.885. The van der Waals surface area contributed by atoms with E-state index < -0.39 is 0 Å². The molecular weight excluding hydrogens is 166 g/mol. The van der Waals surface area contributed by atoms with Crippen LogP contribution in [0.3, 0.4) is 0 Å². The molecular formula is C6H10BrN. The van der Waals surface area contributed by atoms with Gasteiger partial charge in [-0.3, -0.25) is 0 Å². The number of alkyl halides is 1. The van der Waals surface area contributed by atoms with Crippen molar-refractivity contribution in [1.82, 2.24) is 0 Å². The molecule has 1 rings (SSSR count). The number of hydrogen-bond acceptors (Lipinski definition) is 1. The van der Waals surface area contributed by atoms with Crippen molar-refractivity contribution >= 4 is 21.6 Å². The van der Waals surface area contributed by atoms with Gasteiger partial charge in [-0.05, 0) is 19.3 Å². The second kappa shape index (κ2) is 2.62. The van der Waals surface area contributed by atoms with Gasteiger partial charge in [0.25, 0.3) is 0 Å². The van der Waals surface area contributed by atoms with Gasteiger partial charge >= 0.3 is 0 Å². The molecule has 1 nitrogen and oxygen atoms in total. The lowest BCUT2D eigenvalue weighted by Gasteiger charge is -2.16. The first-order valence-corrected chi connectivity index (χ1v) is 3.93. The molecule has 0 radical (unpaired) electrons. The standard InChI is InChI=1S/C6H10BrN/c7-5-3-1-2-4-6(5)8/h5,8H,1-4H2. The molecule has 1 fully saturated rings. The summed E-state index contributed by atoms with van der Waals surface area (Å²) in [7, 11) is 0. The van der Waals surface area contributed by atoms with Gasteiger partial charge < -0.3 is 5.41 Å². The van der Waals surface area contributed by atoms with Crippen molar-refractivity contribution in [2.75, 3.05) is 0 Å². The largest absolute Gasteiger partial charge is 0.309 e. The third-order valence-corrected chi connectivity index (χ3v) is 2.54. The summed E-state index contributed by atoms with van der Waals surface area (Å²) in [5.74, 6) is 0. The quantitative estimate of drug-likeness (QED) is 0.547. The second-order valence-electron chi connectivity index (χ2n) is 2.24. The maximum Gasteiger partial charge on any atom is 0.0521 e. The minimum Gasteiger partial charge on any atom is -0.309 e. The molecule has 0 spiro atoms. The second-order valence-corrected chi connectivity index (χ2v) is 3.34. The van der Waals surface area contributed by atoms with E-state index in [9.17, 15) is 0 Å². The predicted octanol–water partition coefficient (Wildman–Crippen LogP) is 2.34. The van der Waals surface area contributed by atoms with Crippen LogP contribution in [-0.2, 0) is 0 Å². The highest BCUT2D eigenvalue weighted by molar-refractivity contribution is 9.10. The van der Waals surface area contributed by atoms with Crippen LogP contribution in [0.15, 0.2) is 0 Å². The third kappa shape index (κ3) is 1.31. The Morgan fingerprint density at radius 1 is 1.50 bits per heavy atom. The molecule has 46 valence electrons. The van der Waals surface area contributed by atoms with Gasteiger partial charge in [-0.1, -0.05) is 22.4 Å². The van der Waals surface area contributed by atoms with Gasteiger partial charge in [-0.25, -0.2) is 0 Å². The average Bonchev–Trinajstić information content (AvgIpc) is 1.77. The van der Waals surface area contributed by atoms with Gasteiger partial charge in [-0.2, -0.15) is 0 Å². The van der Waals surface area contributed by atoms with Crippen LogP contribution in [0.25, 0.3) is 0 Å². The molecule has 0 aromatic carbocycles. The maximum absolute atomic E-state index is 7.35. The van der Waals surface area contributed by atoms with Crippen molar-refractivity contribution in [2.24, 2.45) is 0 Å². The normalized spacial score (nSPS) is 30.6. The number of nitrogens with one attached hydrogen (secondary N) is 1. The molecule has 0 aliphatic heterocycles. The lowest BCUT2D eigenvalue weighted by atomic mass is 9.99. The van der Waals surface area contributed by atoms with Gasteiger partial charge in [0.2, 0.25) is 0 Å². The fraction of sp³-hybridized carbons (Fsp3) is 0.833. The van der Waals surface area contributed by atoms with E-state index in [0.29, 0.717) is 4.83 Å². The van der Waals surface area contributed by atoms with Crippen molar-refractivity contribution in [1.29, 1.82) is 5.41 Å². The lowest BCUT2D eigenvalue weighted by molar-refractivity contribution is 0.676. The van der Waals surface area contributed by atoms with Crippen LogP contribution in [0, 0.1) is 5.41 Å². The fourth-order valence-corrected chi connectivity index (χ4v) is 1.52. The van der Waals surface area contributed by atoms with Crippen molar-refractivity contribution in [3.8, 4) is 0 Å². The molecule has 0 aromatic heterocycles. The van der Waals surface area contributed by atoms with Crippen molar-refractivity contribution < 1.29 is 0 Å². The highest BCUT2D eigenvalue weighted by atomic mass is 79.9. The molecule has 8 heavy (non-hydrogen) atoms. The lowest BCUT2D eigenvalue weighted by Crippen LogP contribution is -2.16. The smallest absolute Gasteiger partial charge is 0.0521 e. The van der Waals surface area contributed by atoms with Gasteiger partial charge in [0, 0.05) is 5.71 Å². The minimum absolute atomic E-state index is 0.399. The SMILES string of the molecule is N=C1CCCCC1Br. The number of halogens is 1. The highest BCUT2D eigenvalue weighted by Gasteiger charge is 2.14. The van der Waals surface area contributed by atoms with E-state index in [1.54, 1.807) is 0 Å². The van der Waals surface area contributed by atoms with Crippen LogP contribution in [0.2, 0.25) is 0 Å². The maximum atomic E-state index is 7.35. The zero-order valence-electron chi connectivity index (χ0n) is 4.78. The molecule has 0 bridgehead atoms. The Morgan fingerprint density at radius 2 is 2.25 bits per heavy atom. The highest BCUT2D eigenvalue weighted by Crippen LogP contribution is 2.20. The number of hydrogen-bond donors (Lipinski definition) is 1. The Bertz CT molecular complexity index is 101. The van der Waals surface area contributed by atoms with Crippen LogP contribution in [0.1, 0.15) is 25.7 Å². The molecule has 1 aliphatic carbocycles. The summed E-state index contributed by atoms with van der Waals surface area (Å²) in [4.78, 5) is 0.399. The minimum atomic E-state index is 0.399. The third-order valence-electron chi connectivity index (χ3n) is 1.53. The van der Waals surface area contributed by atoms with Crippen molar-refractivity contribution in [2.45, 2.75) is 30.5 Å². The number of rotatable bonds is 0. The Balaban J connectivity index is 2.39. The molecule has 1 unspecified atom stereocenters. The average molecular weight is 176 g/mol. The van der Waals surface area contributed by atoms with E-state index in [2.05, 4.69) is 15.9 Å². The first-order chi connectivity index (χ1) is 3.80. The van der Waals surface area contributed by atoms with Gasteiger partial charge in [0.1, 0.15) is 0 Å². The first-order valence-electron chi connectivity index (χ1n) is 3.02. The summed E-state index contributed by atoms with van der Waals surface area (Å²) in [6.07, 6.45) is 4.69. The Labute approximate surface area is 58.1 Å². The molecule has 1 atom stereocenters. The topological polar surface area (TPSA) is 23.9 Å². The van der Waals surface area contributed by atoms with Crippen LogP contribution in [-0.4, -0.2) is 10.5 Å². The summed E-state index contributed by atoms with van der Waals surface area (Å²) in [6, 6.07) is 0. The van der Waals surface area contributed by atoms with Crippen LogP contribution in [0.5, 0.6) is 0 Å². The first kappa shape index (κ1) is 6.27. The van der Waals surface area contributed by atoms with E-state index in [1.807, 2.05) is 0 Å². The van der Waals surface area contributed by atoms with Gasteiger partial charge in [0.15, 0.2) is 0 Å². The van der Waals surface area contributed by atoms with Crippen molar-refractivity contribution in [3.63, 3.8) is 0 Å². The Kier molecular flexibility index (Phi) is 2.06. The molecule has 1 N–H and O–H groups in total. The summed E-state index contributed by atoms with van der Waals surface area (Å²) >= 11 is 3.43. The molecule has 1 aliphatic rings. The fourth-order valence-electron chi connectivity index (χ4n) is 0.970. The molecule has 0 saturated heterocycles. The summed E-state index contributed by atoms with van der Waals surface area (Å²) in [5, 5.41) is 7.35. The summed E-state index contributed by atoms with van der Waals surface area (Å²) in [6.45, 7) is 0. The predicted molar refractivity (Wildman–Crippen MR) is 38.9 cm³/mol. The Morgan fingerprint density at radius 3 is 2.62 bits per heavy atom. The van der Waals surface area contributed by atoms with E-state index >= 15 is 0 Å². The zero-order valence-corrected chi connectivity index (χ0v) is 6.37. The van der Waals surface area contributed by atoms with E-state index in [1.165, 1.54) is 19.3 Å². The van der Waals surface area contributed by atoms with E-state index in [-0.39, 0.29) is 0 Å². The van der Waals surface area contributed by atoms with Crippen molar-refractivity contribution in [3.05, 3.63) is 0 Å². The molecule has 0 heterocycles. The monoisotopic (exact) mass is 175 g/mol. The Hall–Kier alpha value is 0.150. The van der Waals surface area contributed by atoms with Gasteiger partial charge in [0.05, 0.1) is 4.83 Å². The molecule has 2 heteroatoms. The van der Waals surface area contributed by atoms with Gasteiger partial charge in [-0.15, -0.1) is 0 Å².